The average molecular weight is 553 g/mol. The van der Waals surface area contributed by atoms with E-state index >= 15 is 0 Å². The summed E-state index contributed by atoms with van der Waals surface area (Å²) in [5.74, 6) is 0.960. The van der Waals surface area contributed by atoms with E-state index in [4.69, 9.17) is 9.72 Å². The molecule has 0 aliphatic carbocycles. The van der Waals surface area contributed by atoms with Crippen molar-refractivity contribution in [2.24, 2.45) is 0 Å². The van der Waals surface area contributed by atoms with Crippen molar-refractivity contribution in [2.45, 2.75) is 0 Å². The number of aromatic amines is 2. The van der Waals surface area contributed by atoms with E-state index in [-0.39, 0.29) is 5.82 Å². The molecular weight excluding hydrogens is 519 g/mol. The van der Waals surface area contributed by atoms with Crippen LogP contribution >= 0.6 is 0 Å². The summed E-state index contributed by atoms with van der Waals surface area (Å²) >= 11 is 0. The molecule has 210 valence electrons. The van der Waals surface area contributed by atoms with E-state index in [0.717, 1.165) is 33.9 Å². The number of H-pyrrole nitrogens is 2. The summed E-state index contributed by atoms with van der Waals surface area (Å²) in [5.41, 5.74) is 5.21. The van der Waals surface area contributed by atoms with Gasteiger partial charge in [-0.15, -0.1) is 0 Å². The predicted octanol–water partition coefficient (Wildman–Crippen LogP) is 2.95. The third kappa shape index (κ3) is 6.28. The normalized spacial score (nSPS) is 13.8. The van der Waals surface area contributed by atoms with Crippen molar-refractivity contribution in [3.63, 3.8) is 0 Å². The lowest BCUT2D eigenvalue weighted by molar-refractivity contribution is 0.193. The SMILES string of the molecule is C=C/C(=C\C(=C/NC)C1=CC=c2[nH]nc(-c3nc4c(-c5cccc(F)c5)nccc4[nH]3)c2=CCN1)OCCN(C)C. The van der Waals surface area contributed by atoms with Gasteiger partial charge < -0.3 is 25.3 Å². The van der Waals surface area contributed by atoms with Gasteiger partial charge in [0.05, 0.1) is 16.6 Å². The monoisotopic (exact) mass is 552 g/mol. The number of likely N-dealkylation sites (N-methyl/N-ethyl adjacent to an activating group) is 1. The van der Waals surface area contributed by atoms with Gasteiger partial charge in [0.1, 0.15) is 29.4 Å². The standard InChI is InChI=1S/C31H33FN8O/c1-5-23(41-16-15-40(3)4)18-21(19-33-2)25-9-10-26-24(11-13-34-25)29(39-38-26)31-36-27-12-14-35-28(30(27)37-31)20-7-6-8-22(32)17-20/h5-12,14,17-19,33-34,38H,1,13,15-16H2,2-4H3,(H,36,37)/b21-19+,23-18+,24-11?,25-9?,26-10?. The first-order valence-electron chi connectivity index (χ1n) is 13.3. The van der Waals surface area contributed by atoms with E-state index in [1.165, 1.54) is 12.1 Å². The Bertz CT molecular complexity index is 1780. The van der Waals surface area contributed by atoms with Crippen LogP contribution in [0.15, 0.2) is 84.6 Å². The van der Waals surface area contributed by atoms with Crippen LogP contribution < -0.4 is 21.2 Å². The highest BCUT2D eigenvalue weighted by Crippen LogP contribution is 2.27. The summed E-state index contributed by atoms with van der Waals surface area (Å²) in [5, 5.41) is 16.1. The number of pyridine rings is 1. The molecule has 1 aliphatic heterocycles. The summed E-state index contributed by atoms with van der Waals surface area (Å²) in [6.45, 7) is 5.82. The molecule has 0 saturated heterocycles. The fraction of sp³-hybridized carbons (Fsp3) is 0.194. The van der Waals surface area contributed by atoms with E-state index < -0.39 is 0 Å². The molecular formula is C31H33FN8O. The van der Waals surface area contributed by atoms with Crippen LogP contribution in [0, 0.1) is 5.82 Å². The maximum atomic E-state index is 13.9. The lowest BCUT2D eigenvalue weighted by Gasteiger charge is -2.15. The minimum atomic E-state index is -0.323. The van der Waals surface area contributed by atoms with Gasteiger partial charge in [0.2, 0.25) is 0 Å². The molecule has 0 atom stereocenters. The number of halogens is 1. The molecule has 0 spiro atoms. The Balaban J connectivity index is 1.48. The van der Waals surface area contributed by atoms with Crippen LogP contribution in [0.5, 0.6) is 0 Å². The number of ether oxygens (including phenoxy) is 1. The van der Waals surface area contributed by atoms with E-state index in [9.17, 15) is 4.39 Å². The molecule has 0 radical (unpaired) electrons. The van der Waals surface area contributed by atoms with Crippen LogP contribution in [0.1, 0.15) is 0 Å². The van der Waals surface area contributed by atoms with Crippen molar-refractivity contribution in [3.8, 4) is 22.8 Å². The Morgan fingerprint density at radius 3 is 2.88 bits per heavy atom. The highest BCUT2D eigenvalue weighted by Gasteiger charge is 2.15. The fourth-order valence-electron chi connectivity index (χ4n) is 4.47. The van der Waals surface area contributed by atoms with Crippen molar-refractivity contribution in [2.75, 3.05) is 40.8 Å². The number of imidazole rings is 1. The van der Waals surface area contributed by atoms with Gasteiger partial charge in [0, 0.05) is 54.6 Å². The molecule has 9 nitrogen and oxygen atoms in total. The number of hydrogen-bond acceptors (Lipinski definition) is 7. The topological polar surface area (TPSA) is 107 Å². The highest BCUT2D eigenvalue weighted by atomic mass is 19.1. The Morgan fingerprint density at radius 1 is 1.22 bits per heavy atom. The van der Waals surface area contributed by atoms with Crippen molar-refractivity contribution in [3.05, 3.63) is 101 Å². The molecule has 1 aliphatic rings. The number of aromatic nitrogens is 5. The molecule has 3 aromatic heterocycles. The third-order valence-corrected chi connectivity index (χ3v) is 6.49. The quantitative estimate of drug-likeness (QED) is 0.177. The molecule has 0 amide bonds. The van der Waals surface area contributed by atoms with Crippen LogP contribution in [0.4, 0.5) is 4.39 Å². The van der Waals surface area contributed by atoms with E-state index in [0.29, 0.717) is 47.2 Å². The fourth-order valence-corrected chi connectivity index (χ4v) is 4.47. The van der Waals surface area contributed by atoms with E-state index in [2.05, 4.69) is 48.4 Å². The Kier molecular flexibility index (Phi) is 8.40. The molecule has 4 N–H and O–H groups in total. The molecule has 1 aromatic carbocycles. The van der Waals surface area contributed by atoms with Gasteiger partial charge in [-0.3, -0.25) is 10.1 Å². The molecule has 0 bridgehead atoms. The maximum absolute atomic E-state index is 13.9. The van der Waals surface area contributed by atoms with Gasteiger partial charge in [0.25, 0.3) is 0 Å². The number of nitrogens with zero attached hydrogens (tertiary/aromatic N) is 4. The third-order valence-electron chi connectivity index (χ3n) is 6.49. The average Bonchev–Trinajstić information content (AvgIpc) is 3.55. The van der Waals surface area contributed by atoms with Crippen molar-refractivity contribution >= 4 is 23.2 Å². The smallest absolute Gasteiger partial charge is 0.159 e. The first-order chi connectivity index (χ1) is 20.0. The minimum Gasteiger partial charge on any atom is -0.492 e. The van der Waals surface area contributed by atoms with Crippen LogP contribution in [0.3, 0.4) is 0 Å². The van der Waals surface area contributed by atoms with Gasteiger partial charge in [-0.05, 0) is 56.6 Å². The summed E-state index contributed by atoms with van der Waals surface area (Å²) in [7, 11) is 5.87. The van der Waals surface area contributed by atoms with Gasteiger partial charge >= 0.3 is 0 Å². The largest absolute Gasteiger partial charge is 0.492 e. The van der Waals surface area contributed by atoms with Gasteiger partial charge in [-0.25, -0.2) is 9.37 Å². The zero-order valence-corrected chi connectivity index (χ0v) is 23.3. The molecule has 4 aromatic rings. The number of hydrogen-bond donors (Lipinski definition) is 4. The number of rotatable bonds is 10. The number of benzene rings is 1. The maximum Gasteiger partial charge on any atom is 0.159 e. The molecule has 5 rings (SSSR count). The highest BCUT2D eigenvalue weighted by molar-refractivity contribution is 5.91. The number of allylic oxidation sites excluding steroid dienone is 3. The second-order valence-electron chi connectivity index (χ2n) is 9.67. The second-order valence-corrected chi connectivity index (χ2v) is 9.67. The van der Waals surface area contributed by atoms with Gasteiger partial charge in [-0.1, -0.05) is 24.8 Å². The zero-order chi connectivity index (χ0) is 28.8. The molecule has 4 heterocycles. The van der Waals surface area contributed by atoms with Crippen molar-refractivity contribution in [1.29, 1.82) is 0 Å². The van der Waals surface area contributed by atoms with Crippen LogP contribution in [-0.4, -0.2) is 70.9 Å². The molecule has 0 saturated carbocycles. The van der Waals surface area contributed by atoms with Crippen LogP contribution in [0.25, 0.3) is 46.0 Å². The molecule has 41 heavy (non-hydrogen) atoms. The van der Waals surface area contributed by atoms with Crippen LogP contribution in [0.2, 0.25) is 0 Å². The van der Waals surface area contributed by atoms with Crippen molar-refractivity contribution in [1.82, 2.24) is 40.7 Å². The van der Waals surface area contributed by atoms with E-state index in [1.807, 2.05) is 57.7 Å². The molecule has 0 unspecified atom stereocenters. The number of fused-ring (bicyclic) bond motifs is 2. The first-order valence-corrected chi connectivity index (χ1v) is 13.3. The lowest BCUT2D eigenvalue weighted by Crippen LogP contribution is -2.28. The molecule has 0 fully saturated rings. The predicted molar refractivity (Wildman–Crippen MR) is 161 cm³/mol. The summed E-state index contributed by atoms with van der Waals surface area (Å²) in [4.78, 5) is 14.7. The summed E-state index contributed by atoms with van der Waals surface area (Å²) < 4.78 is 19.8. The lowest BCUT2D eigenvalue weighted by atomic mass is 10.1. The van der Waals surface area contributed by atoms with E-state index in [1.54, 1.807) is 18.3 Å². The van der Waals surface area contributed by atoms with Crippen molar-refractivity contribution < 1.29 is 9.13 Å². The summed E-state index contributed by atoms with van der Waals surface area (Å²) in [6.07, 6.45) is 13.3. The van der Waals surface area contributed by atoms with Crippen LogP contribution in [-0.2, 0) is 4.74 Å². The minimum absolute atomic E-state index is 0.323. The van der Waals surface area contributed by atoms with Gasteiger partial charge in [0.15, 0.2) is 5.82 Å². The summed E-state index contributed by atoms with van der Waals surface area (Å²) in [6, 6.07) is 8.20. The Hall–Kier alpha value is -4.96. The van der Waals surface area contributed by atoms with Gasteiger partial charge in [-0.2, -0.15) is 5.10 Å². The Morgan fingerprint density at radius 2 is 2.10 bits per heavy atom. The molecule has 10 heteroatoms. The zero-order valence-electron chi connectivity index (χ0n) is 23.3. The first kappa shape index (κ1) is 27.6. The second kappa shape index (κ2) is 12.5. The number of nitrogens with one attached hydrogen (secondary N) is 4. The Labute approximate surface area is 237 Å².